The fourth-order valence-corrected chi connectivity index (χ4v) is 5.20. The molecule has 1 aromatic heterocycles. The molecule has 0 aliphatic carbocycles. The van der Waals surface area contributed by atoms with Crippen LogP contribution in [0.2, 0.25) is 5.02 Å². The van der Waals surface area contributed by atoms with E-state index < -0.39 is 40.4 Å². The Morgan fingerprint density at radius 2 is 1.78 bits per heavy atom. The van der Waals surface area contributed by atoms with Crippen molar-refractivity contribution in [2.45, 2.75) is 19.0 Å². The number of carbonyl (C=O) groups excluding carboxylic acids is 3. The molecule has 0 radical (unpaired) electrons. The number of benzene rings is 2. The van der Waals surface area contributed by atoms with Crippen molar-refractivity contribution in [2.75, 3.05) is 4.90 Å². The first-order valence-corrected chi connectivity index (χ1v) is 10.8. The number of hydrogen-bond donors (Lipinski definition) is 0. The quantitative estimate of drug-likeness (QED) is 0.245. The molecule has 0 N–H and O–H groups in total. The third kappa shape index (κ3) is 2.78. The van der Waals surface area contributed by atoms with Crippen molar-refractivity contribution < 1.29 is 19.3 Å². The van der Waals surface area contributed by atoms with Gasteiger partial charge in [0.25, 0.3) is 23.4 Å². The molecular formula is C22H14ClN3O5S. The topological polar surface area (TPSA) is 101 Å². The predicted octanol–water partition coefficient (Wildman–Crippen LogP) is 4.37. The number of anilines is 1. The maximum atomic E-state index is 13.3. The number of carbonyl (C=O) groups is 3. The number of nitrogens with zero attached hydrogens (tertiary/aromatic N) is 3. The molecule has 0 bridgehead atoms. The highest BCUT2D eigenvalue weighted by atomic mass is 35.5. The molecule has 0 spiro atoms. The highest BCUT2D eigenvalue weighted by molar-refractivity contribution is 7.10. The standard InChI is InChI=1S/C22H14ClN3O5S/c1-11-7-8-12(10-14(11)23)24-18(16-6-3-9-32-16)19(22(24)29)25-20(27)13-4-2-5-15(26(30)31)17(13)21(25)28/h2-10,18-19H,1H3/t18-,19-/m0/s1. The molecule has 160 valence electrons. The van der Waals surface area contributed by atoms with Crippen molar-refractivity contribution in [1.82, 2.24) is 4.90 Å². The van der Waals surface area contributed by atoms with Gasteiger partial charge in [0.2, 0.25) is 0 Å². The third-order valence-corrected chi connectivity index (χ3v) is 7.09. The lowest BCUT2D eigenvalue weighted by atomic mass is 9.90. The number of nitro groups is 1. The van der Waals surface area contributed by atoms with E-state index in [1.54, 1.807) is 18.2 Å². The zero-order valence-corrected chi connectivity index (χ0v) is 18.1. The van der Waals surface area contributed by atoms with Gasteiger partial charge in [-0.3, -0.25) is 34.3 Å². The van der Waals surface area contributed by atoms with Gasteiger partial charge in [0.05, 0.1) is 10.5 Å². The summed E-state index contributed by atoms with van der Waals surface area (Å²) in [5.74, 6) is -2.01. The first-order valence-electron chi connectivity index (χ1n) is 9.59. The molecule has 2 atom stereocenters. The lowest BCUT2D eigenvalue weighted by molar-refractivity contribution is -0.385. The van der Waals surface area contributed by atoms with Gasteiger partial charge in [-0.2, -0.15) is 0 Å². The van der Waals surface area contributed by atoms with Gasteiger partial charge in [-0.05, 0) is 42.1 Å². The van der Waals surface area contributed by atoms with Crippen molar-refractivity contribution in [3.63, 3.8) is 0 Å². The molecule has 1 fully saturated rings. The Morgan fingerprint density at radius 3 is 2.44 bits per heavy atom. The number of amides is 3. The predicted molar refractivity (Wildman–Crippen MR) is 118 cm³/mol. The van der Waals surface area contributed by atoms with Crippen LogP contribution >= 0.6 is 22.9 Å². The zero-order valence-electron chi connectivity index (χ0n) is 16.5. The van der Waals surface area contributed by atoms with Crippen LogP contribution in [0.4, 0.5) is 11.4 Å². The fraction of sp³-hybridized carbons (Fsp3) is 0.136. The van der Waals surface area contributed by atoms with E-state index in [4.69, 9.17) is 11.6 Å². The fourth-order valence-electron chi connectivity index (χ4n) is 4.18. The number of aryl methyl sites for hydroxylation is 1. The largest absolute Gasteiger partial charge is 0.300 e. The minimum Gasteiger partial charge on any atom is -0.300 e. The van der Waals surface area contributed by atoms with Gasteiger partial charge in [-0.25, -0.2) is 0 Å². The Morgan fingerprint density at radius 1 is 1.00 bits per heavy atom. The summed E-state index contributed by atoms with van der Waals surface area (Å²) in [6.45, 7) is 1.84. The van der Waals surface area contributed by atoms with E-state index >= 15 is 0 Å². The Hall–Kier alpha value is -3.56. The second kappa shape index (κ2) is 7.25. The number of hydrogen-bond acceptors (Lipinski definition) is 6. The number of thiophene rings is 1. The van der Waals surface area contributed by atoms with Crippen molar-refractivity contribution in [3.8, 4) is 0 Å². The van der Waals surface area contributed by atoms with Gasteiger partial charge < -0.3 is 0 Å². The summed E-state index contributed by atoms with van der Waals surface area (Å²) >= 11 is 7.65. The first kappa shape index (κ1) is 20.3. The SMILES string of the molecule is Cc1ccc(N2C(=O)[C@@H](N3C(=O)c4cccc([N+](=O)[O-])c4C3=O)[C@@H]2c2cccs2)cc1Cl. The summed E-state index contributed by atoms with van der Waals surface area (Å²) in [7, 11) is 0. The van der Waals surface area contributed by atoms with Gasteiger partial charge in [0.1, 0.15) is 17.6 Å². The maximum absolute atomic E-state index is 13.3. The summed E-state index contributed by atoms with van der Waals surface area (Å²) < 4.78 is 0. The molecule has 5 rings (SSSR count). The lowest BCUT2D eigenvalue weighted by Crippen LogP contribution is -2.67. The van der Waals surface area contributed by atoms with E-state index in [1.807, 2.05) is 24.4 Å². The van der Waals surface area contributed by atoms with Crippen molar-refractivity contribution >= 4 is 52.0 Å². The molecule has 2 aromatic carbocycles. The number of β-lactam (4-membered cyclic amide) rings is 1. The summed E-state index contributed by atoms with van der Waals surface area (Å²) in [6, 6.07) is 11.0. The Bertz CT molecular complexity index is 1320. The maximum Gasteiger partial charge on any atom is 0.282 e. The molecule has 8 nitrogen and oxygen atoms in total. The summed E-state index contributed by atoms with van der Waals surface area (Å²) in [5, 5.41) is 13.7. The lowest BCUT2D eigenvalue weighted by Gasteiger charge is -2.49. The van der Waals surface area contributed by atoms with Crippen LogP contribution in [0.15, 0.2) is 53.9 Å². The highest BCUT2D eigenvalue weighted by Gasteiger charge is 2.58. The van der Waals surface area contributed by atoms with Gasteiger partial charge in [-0.1, -0.05) is 29.8 Å². The van der Waals surface area contributed by atoms with Gasteiger partial charge in [0.15, 0.2) is 0 Å². The molecule has 10 heteroatoms. The van der Waals surface area contributed by atoms with E-state index in [2.05, 4.69) is 0 Å². The van der Waals surface area contributed by atoms with Crippen molar-refractivity contribution in [1.29, 1.82) is 0 Å². The molecule has 3 amide bonds. The number of imide groups is 1. The van der Waals surface area contributed by atoms with Crippen LogP contribution < -0.4 is 4.90 Å². The van der Waals surface area contributed by atoms with Crippen LogP contribution in [-0.4, -0.2) is 33.6 Å². The Kier molecular flexibility index (Phi) is 4.61. The molecule has 3 aromatic rings. The second-order valence-electron chi connectivity index (χ2n) is 7.48. The third-order valence-electron chi connectivity index (χ3n) is 5.74. The van der Waals surface area contributed by atoms with Gasteiger partial charge in [0, 0.05) is 21.7 Å². The van der Waals surface area contributed by atoms with Crippen LogP contribution in [0.3, 0.4) is 0 Å². The minimum absolute atomic E-state index is 0.0706. The average molecular weight is 468 g/mol. The van der Waals surface area contributed by atoms with Crippen molar-refractivity contribution in [3.05, 3.63) is 90.6 Å². The van der Waals surface area contributed by atoms with Gasteiger partial charge >= 0.3 is 0 Å². The van der Waals surface area contributed by atoms with E-state index in [1.165, 1.54) is 34.4 Å². The highest BCUT2D eigenvalue weighted by Crippen LogP contribution is 2.46. The van der Waals surface area contributed by atoms with Crippen LogP contribution in [-0.2, 0) is 4.79 Å². The van der Waals surface area contributed by atoms with E-state index in [9.17, 15) is 24.5 Å². The van der Waals surface area contributed by atoms with Crippen LogP contribution in [0, 0.1) is 17.0 Å². The molecule has 3 heterocycles. The summed E-state index contributed by atoms with van der Waals surface area (Å²) in [5.41, 5.74) is 0.587. The number of rotatable bonds is 4. The minimum atomic E-state index is -1.11. The van der Waals surface area contributed by atoms with Crippen LogP contribution in [0.1, 0.15) is 37.2 Å². The smallest absolute Gasteiger partial charge is 0.282 e. The molecule has 0 saturated carbocycles. The van der Waals surface area contributed by atoms with Crippen LogP contribution in [0.25, 0.3) is 0 Å². The van der Waals surface area contributed by atoms with E-state index in [0.717, 1.165) is 15.3 Å². The second-order valence-corrected chi connectivity index (χ2v) is 8.87. The molecular weight excluding hydrogens is 454 g/mol. The molecule has 32 heavy (non-hydrogen) atoms. The number of nitro benzene ring substituents is 1. The number of fused-ring (bicyclic) bond motifs is 1. The zero-order chi connectivity index (χ0) is 22.7. The molecule has 2 aliphatic rings. The molecule has 2 aliphatic heterocycles. The summed E-state index contributed by atoms with van der Waals surface area (Å²) in [4.78, 5) is 53.5. The average Bonchev–Trinajstić information content (AvgIpc) is 3.37. The van der Waals surface area contributed by atoms with E-state index in [0.29, 0.717) is 10.7 Å². The van der Waals surface area contributed by atoms with E-state index in [-0.39, 0.29) is 11.1 Å². The van der Waals surface area contributed by atoms with Crippen molar-refractivity contribution in [2.24, 2.45) is 0 Å². The van der Waals surface area contributed by atoms with Crippen LogP contribution in [0.5, 0.6) is 0 Å². The Balaban J connectivity index is 1.59. The Labute approximate surface area is 190 Å². The first-order chi connectivity index (χ1) is 15.3. The monoisotopic (exact) mass is 467 g/mol. The normalized spacial score (nSPS) is 19.9. The molecule has 0 unspecified atom stereocenters. The number of halogens is 1. The van der Waals surface area contributed by atoms with Gasteiger partial charge in [-0.15, -0.1) is 11.3 Å². The summed E-state index contributed by atoms with van der Waals surface area (Å²) in [6.07, 6.45) is 0. The molecule has 1 saturated heterocycles.